The Bertz CT molecular complexity index is 509. The lowest BCUT2D eigenvalue weighted by molar-refractivity contribution is -0.386. The monoisotopic (exact) mass is 300 g/mol. The summed E-state index contributed by atoms with van der Waals surface area (Å²) in [7, 11) is 1.24. The molecule has 0 aliphatic heterocycles. The largest absolute Gasteiger partial charge is 0.476 e. The van der Waals surface area contributed by atoms with Crippen molar-refractivity contribution in [3.8, 4) is 11.9 Å². The number of methoxy groups -OCH3 is 1. The third-order valence-electron chi connectivity index (χ3n) is 2.46. The normalized spacial score (nSPS) is 10.0. The molecule has 10 nitrogen and oxygen atoms in total. The van der Waals surface area contributed by atoms with Crippen LogP contribution in [0.1, 0.15) is 13.3 Å². The van der Waals surface area contributed by atoms with Crippen LogP contribution in [0.25, 0.3) is 0 Å². The Hall–Kier alpha value is -2.65. The third kappa shape index (κ3) is 4.75. The number of ether oxygens (including phenoxy) is 2. The van der Waals surface area contributed by atoms with Gasteiger partial charge in [-0.1, -0.05) is 6.92 Å². The van der Waals surface area contributed by atoms with E-state index in [4.69, 9.17) is 14.6 Å². The van der Waals surface area contributed by atoms with Crippen molar-refractivity contribution >= 4 is 11.8 Å². The molecule has 0 aromatic carbocycles. The Morgan fingerprint density at radius 3 is 2.76 bits per heavy atom. The van der Waals surface area contributed by atoms with Crippen LogP contribution in [0.3, 0.4) is 0 Å². The van der Waals surface area contributed by atoms with Crippen LogP contribution in [0.4, 0.5) is 10.5 Å². The number of hydrogen-bond donors (Lipinski definition) is 1. The van der Waals surface area contributed by atoms with Crippen LogP contribution in [-0.2, 0) is 0 Å². The summed E-state index contributed by atoms with van der Waals surface area (Å²) in [6, 6.07) is -0.112. The van der Waals surface area contributed by atoms with E-state index in [1.807, 2.05) is 6.92 Å². The van der Waals surface area contributed by atoms with Crippen LogP contribution in [0, 0.1) is 10.1 Å². The van der Waals surface area contributed by atoms with Gasteiger partial charge in [-0.25, -0.2) is 4.79 Å². The Morgan fingerprint density at radius 1 is 1.52 bits per heavy atom. The highest BCUT2D eigenvalue weighted by Gasteiger charge is 2.18. The first-order valence-electron chi connectivity index (χ1n) is 6.15. The van der Waals surface area contributed by atoms with Gasteiger partial charge in [-0.15, -0.1) is 0 Å². The molecule has 1 N–H and O–H groups in total. The van der Waals surface area contributed by atoms with Crippen LogP contribution in [-0.4, -0.2) is 57.8 Å². The number of carbonyl (C=O) groups is 1. The van der Waals surface area contributed by atoms with E-state index in [9.17, 15) is 14.9 Å². The highest BCUT2D eigenvalue weighted by atomic mass is 16.6. The summed E-state index contributed by atoms with van der Waals surface area (Å²) >= 11 is 0. The summed E-state index contributed by atoms with van der Waals surface area (Å²) in [6.45, 7) is 2.43. The van der Waals surface area contributed by atoms with Crippen molar-refractivity contribution < 1.29 is 24.3 Å². The topological polar surface area (TPSA) is 128 Å². The van der Waals surface area contributed by atoms with Gasteiger partial charge in [0.25, 0.3) is 5.88 Å². The van der Waals surface area contributed by atoms with E-state index in [2.05, 4.69) is 9.97 Å². The molecule has 1 aromatic heterocycles. The van der Waals surface area contributed by atoms with Gasteiger partial charge >= 0.3 is 17.8 Å². The van der Waals surface area contributed by atoms with Gasteiger partial charge < -0.3 is 19.5 Å². The molecule has 21 heavy (non-hydrogen) atoms. The molecule has 0 unspecified atom stereocenters. The minimum Gasteiger partial charge on any atom is -0.476 e. The second-order valence-electron chi connectivity index (χ2n) is 3.92. The molecule has 0 fully saturated rings. The highest BCUT2D eigenvalue weighted by molar-refractivity contribution is 5.64. The fourth-order valence-corrected chi connectivity index (χ4v) is 1.51. The second-order valence-corrected chi connectivity index (χ2v) is 3.92. The molecule has 0 spiro atoms. The van der Waals surface area contributed by atoms with Crippen molar-refractivity contribution in [3.63, 3.8) is 0 Å². The standard InChI is InChI=1S/C11H16N4O6/c1-3-4-14(11(16)17)5-6-21-10-12-7-8(15(18)19)9(13-10)20-2/h7H,3-6H2,1-2H3,(H,16,17). The second kappa shape index (κ2) is 7.82. The van der Waals surface area contributed by atoms with Crippen LogP contribution in [0.15, 0.2) is 6.20 Å². The lowest BCUT2D eigenvalue weighted by atomic mass is 10.4. The SMILES string of the molecule is CCCN(CCOc1ncc([N+](=O)[O-])c(OC)n1)C(=O)O. The number of rotatable bonds is 8. The Morgan fingerprint density at radius 2 is 2.24 bits per heavy atom. The van der Waals surface area contributed by atoms with Crippen LogP contribution in [0.2, 0.25) is 0 Å². The molecule has 0 saturated carbocycles. The fourth-order valence-electron chi connectivity index (χ4n) is 1.51. The highest BCUT2D eigenvalue weighted by Crippen LogP contribution is 2.24. The predicted octanol–water partition coefficient (Wildman–Crippen LogP) is 1.16. The van der Waals surface area contributed by atoms with E-state index < -0.39 is 11.0 Å². The van der Waals surface area contributed by atoms with Gasteiger partial charge in [0.2, 0.25) is 0 Å². The van der Waals surface area contributed by atoms with Crippen molar-refractivity contribution in [2.75, 3.05) is 26.8 Å². The van der Waals surface area contributed by atoms with E-state index in [-0.39, 0.29) is 30.7 Å². The predicted molar refractivity (Wildman–Crippen MR) is 70.6 cm³/mol. The maximum atomic E-state index is 10.9. The summed E-state index contributed by atoms with van der Waals surface area (Å²) in [5.41, 5.74) is -0.372. The molecule has 1 aromatic rings. The molecule has 1 heterocycles. The first-order valence-corrected chi connectivity index (χ1v) is 6.15. The van der Waals surface area contributed by atoms with Gasteiger partial charge in [-0.3, -0.25) is 10.1 Å². The lowest BCUT2D eigenvalue weighted by Crippen LogP contribution is -2.34. The molecule has 0 radical (unpaired) electrons. The number of nitro groups is 1. The van der Waals surface area contributed by atoms with Gasteiger partial charge in [0, 0.05) is 6.54 Å². The van der Waals surface area contributed by atoms with Gasteiger partial charge in [-0.05, 0) is 6.42 Å². The first-order chi connectivity index (χ1) is 9.99. The van der Waals surface area contributed by atoms with E-state index in [1.54, 1.807) is 0 Å². The molecule has 0 saturated heterocycles. The minimum atomic E-state index is -1.04. The summed E-state index contributed by atoms with van der Waals surface area (Å²) in [5.74, 6) is -0.214. The average molecular weight is 300 g/mol. The molecular formula is C11H16N4O6. The summed E-state index contributed by atoms with van der Waals surface area (Å²) in [5, 5.41) is 19.6. The van der Waals surface area contributed by atoms with Crippen molar-refractivity contribution in [2.24, 2.45) is 0 Å². The zero-order valence-electron chi connectivity index (χ0n) is 11.7. The van der Waals surface area contributed by atoms with Gasteiger partial charge in [0.15, 0.2) is 0 Å². The summed E-state index contributed by atoms with van der Waals surface area (Å²) < 4.78 is 9.95. The number of hydrogen-bond acceptors (Lipinski definition) is 7. The molecule has 0 atom stereocenters. The number of amides is 1. The van der Waals surface area contributed by atoms with Crippen LogP contribution < -0.4 is 9.47 Å². The van der Waals surface area contributed by atoms with E-state index in [1.165, 1.54) is 12.0 Å². The molecule has 0 aliphatic carbocycles. The van der Waals surface area contributed by atoms with Gasteiger partial charge in [0.05, 0.1) is 18.6 Å². The maximum absolute atomic E-state index is 10.9. The molecule has 1 amide bonds. The number of carboxylic acid groups (broad SMARTS) is 1. The molecule has 1 rings (SSSR count). The zero-order chi connectivity index (χ0) is 15.8. The van der Waals surface area contributed by atoms with Crippen molar-refractivity contribution in [1.29, 1.82) is 0 Å². The maximum Gasteiger partial charge on any atom is 0.407 e. The smallest absolute Gasteiger partial charge is 0.407 e. The number of nitrogens with zero attached hydrogens (tertiary/aromatic N) is 4. The molecule has 10 heteroatoms. The molecule has 0 aliphatic rings. The Labute approximate surface area is 120 Å². The third-order valence-corrected chi connectivity index (χ3v) is 2.46. The molecular weight excluding hydrogens is 284 g/mol. The Kier molecular flexibility index (Phi) is 6.11. The summed E-state index contributed by atoms with van der Waals surface area (Å²) in [4.78, 5) is 29.5. The van der Waals surface area contributed by atoms with Crippen LogP contribution in [0.5, 0.6) is 11.9 Å². The van der Waals surface area contributed by atoms with E-state index in [0.717, 1.165) is 6.20 Å². The van der Waals surface area contributed by atoms with Crippen molar-refractivity contribution in [3.05, 3.63) is 16.3 Å². The van der Waals surface area contributed by atoms with Gasteiger partial charge in [0.1, 0.15) is 12.8 Å². The average Bonchev–Trinajstić information content (AvgIpc) is 2.45. The minimum absolute atomic E-state index is 0.0350. The van der Waals surface area contributed by atoms with E-state index in [0.29, 0.717) is 13.0 Å². The summed E-state index contributed by atoms with van der Waals surface area (Å²) in [6.07, 6.45) is 0.624. The first kappa shape index (κ1) is 16.4. The number of aromatic nitrogens is 2. The molecule has 0 bridgehead atoms. The Balaban J connectivity index is 2.63. The van der Waals surface area contributed by atoms with Crippen molar-refractivity contribution in [1.82, 2.24) is 14.9 Å². The van der Waals surface area contributed by atoms with E-state index >= 15 is 0 Å². The zero-order valence-corrected chi connectivity index (χ0v) is 11.7. The quantitative estimate of drug-likeness (QED) is 0.559. The fraction of sp³-hybridized carbons (Fsp3) is 0.545. The van der Waals surface area contributed by atoms with Gasteiger partial charge in [-0.2, -0.15) is 9.97 Å². The molecule has 116 valence electrons. The lowest BCUT2D eigenvalue weighted by Gasteiger charge is -2.17. The van der Waals surface area contributed by atoms with Crippen molar-refractivity contribution in [2.45, 2.75) is 13.3 Å². The van der Waals surface area contributed by atoms with Crippen LogP contribution >= 0.6 is 0 Å².